The molecule has 1 heterocycles. The molecular weight excluding hydrogens is 334 g/mol. The van der Waals surface area contributed by atoms with Gasteiger partial charge in [-0.1, -0.05) is 54.6 Å². The quantitative estimate of drug-likeness (QED) is 0.596. The van der Waals surface area contributed by atoms with Gasteiger partial charge < -0.3 is 5.32 Å². The molecule has 0 saturated heterocycles. The number of nitrogens with one attached hydrogen (secondary N) is 1. The van der Waals surface area contributed by atoms with Gasteiger partial charge in [0.2, 0.25) is 5.91 Å². The Balaban J connectivity index is 1.80. The number of amides is 1. The lowest BCUT2D eigenvalue weighted by molar-refractivity contribution is -0.121. The summed E-state index contributed by atoms with van der Waals surface area (Å²) in [7, 11) is 0. The highest BCUT2D eigenvalue weighted by atomic mass is 32.2. The maximum atomic E-state index is 12.9. The second kappa shape index (κ2) is 8.18. The third-order valence-electron chi connectivity index (χ3n) is 3.67. The summed E-state index contributed by atoms with van der Waals surface area (Å²) in [5, 5.41) is 4.92. The molecule has 1 N–H and O–H groups in total. The molecule has 0 aliphatic rings. The molecule has 0 aliphatic carbocycles. The van der Waals surface area contributed by atoms with Crippen LogP contribution < -0.4 is 5.32 Å². The highest BCUT2D eigenvalue weighted by Crippen LogP contribution is 2.36. The molecule has 0 bridgehead atoms. The second-order valence-corrected chi connectivity index (χ2v) is 7.63. The van der Waals surface area contributed by atoms with Crippen molar-refractivity contribution in [1.82, 2.24) is 5.32 Å². The summed E-state index contributed by atoms with van der Waals surface area (Å²) in [6.07, 6.45) is 0. The van der Waals surface area contributed by atoms with Gasteiger partial charge in [-0.05, 0) is 36.1 Å². The lowest BCUT2D eigenvalue weighted by Crippen LogP contribution is -2.30. The Morgan fingerprint density at radius 1 is 0.958 bits per heavy atom. The van der Waals surface area contributed by atoms with E-state index in [0.717, 1.165) is 10.5 Å². The van der Waals surface area contributed by atoms with Crippen LogP contribution in [0.4, 0.5) is 0 Å². The van der Waals surface area contributed by atoms with Crippen LogP contribution in [0.25, 0.3) is 0 Å². The average Bonchev–Trinajstić information content (AvgIpc) is 3.16. The van der Waals surface area contributed by atoms with Crippen molar-refractivity contribution < 1.29 is 4.79 Å². The predicted molar refractivity (Wildman–Crippen MR) is 102 cm³/mol. The van der Waals surface area contributed by atoms with Gasteiger partial charge in [0, 0.05) is 9.77 Å². The van der Waals surface area contributed by atoms with Gasteiger partial charge >= 0.3 is 0 Å². The zero-order valence-electron chi connectivity index (χ0n) is 13.4. The molecule has 0 radical (unpaired) electrons. The minimum absolute atomic E-state index is 0.0140. The molecule has 3 aromatic rings. The highest BCUT2D eigenvalue weighted by Gasteiger charge is 2.23. The standard InChI is InChI=1S/C20H19NOS2/c1-15(18-13-8-14-23-18)21-20(22)19(16-9-4-2-5-10-16)24-17-11-6-3-7-12-17/h2-15,19H,1H3,(H,21,22)/t15-,19+/m0/s1. The monoisotopic (exact) mass is 353 g/mol. The molecule has 0 saturated carbocycles. The van der Waals surface area contributed by atoms with Crippen molar-refractivity contribution in [3.63, 3.8) is 0 Å². The Hall–Kier alpha value is -2.04. The van der Waals surface area contributed by atoms with Gasteiger partial charge in [-0.15, -0.1) is 23.1 Å². The van der Waals surface area contributed by atoms with Crippen molar-refractivity contribution >= 4 is 29.0 Å². The van der Waals surface area contributed by atoms with Crippen LogP contribution in [-0.4, -0.2) is 5.91 Å². The molecule has 2 nitrogen and oxygen atoms in total. The van der Waals surface area contributed by atoms with E-state index in [1.807, 2.05) is 79.0 Å². The Morgan fingerprint density at radius 3 is 2.25 bits per heavy atom. The Bertz CT molecular complexity index is 757. The van der Waals surface area contributed by atoms with Crippen LogP contribution >= 0.6 is 23.1 Å². The molecule has 0 spiro atoms. The van der Waals surface area contributed by atoms with Gasteiger partial charge in [0.25, 0.3) is 0 Å². The third-order valence-corrected chi connectivity index (χ3v) is 5.99. The highest BCUT2D eigenvalue weighted by molar-refractivity contribution is 8.00. The smallest absolute Gasteiger partial charge is 0.238 e. The summed E-state index contributed by atoms with van der Waals surface area (Å²) in [5.41, 5.74) is 1.02. The molecule has 1 amide bonds. The first kappa shape index (κ1) is 16.8. The van der Waals surface area contributed by atoms with Crippen LogP contribution in [0.1, 0.15) is 28.7 Å². The molecule has 0 aliphatic heterocycles. The minimum Gasteiger partial charge on any atom is -0.347 e. The van der Waals surface area contributed by atoms with Crippen molar-refractivity contribution in [1.29, 1.82) is 0 Å². The summed E-state index contributed by atoms with van der Waals surface area (Å²) in [4.78, 5) is 15.2. The zero-order valence-corrected chi connectivity index (χ0v) is 15.0. The van der Waals surface area contributed by atoms with Crippen molar-refractivity contribution in [2.75, 3.05) is 0 Å². The van der Waals surface area contributed by atoms with Gasteiger partial charge in [-0.2, -0.15) is 0 Å². The summed E-state index contributed by atoms with van der Waals surface area (Å²) < 4.78 is 0. The topological polar surface area (TPSA) is 29.1 Å². The number of carbonyl (C=O) groups excluding carboxylic acids is 1. The van der Waals surface area contributed by atoms with E-state index in [2.05, 4.69) is 11.4 Å². The molecule has 0 unspecified atom stereocenters. The number of rotatable bonds is 6. The Kier molecular flexibility index (Phi) is 5.72. The molecule has 1 aromatic heterocycles. The van der Waals surface area contributed by atoms with E-state index in [-0.39, 0.29) is 17.2 Å². The summed E-state index contributed by atoms with van der Waals surface area (Å²) in [6.45, 7) is 2.03. The molecule has 24 heavy (non-hydrogen) atoms. The fraction of sp³-hybridized carbons (Fsp3) is 0.150. The molecule has 2 aromatic carbocycles. The molecule has 4 heteroatoms. The van der Waals surface area contributed by atoms with Crippen LogP contribution in [-0.2, 0) is 4.79 Å². The van der Waals surface area contributed by atoms with Gasteiger partial charge in [0.05, 0.1) is 6.04 Å². The first-order valence-corrected chi connectivity index (χ1v) is 9.60. The van der Waals surface area contributed by atoms with E-state index in [1.165, 1.54) is 4.88 Å². The lowest BCUT2D eigenvalue weighted by Gasteiger charge is -2.20. The van der Waals surface area contributed by atoms with E-state index in [0.29, 0.717) is 0 Å². The van der Waals surface area contributed by atoms with Gasteiger partial charge in [-0.25, -0.2) is 0 Å². The number of carbonyl (C=O) groups is 1. The van der Waals surface area contributed by atoms with E-state index in [1.54, 1.807) is 23.1 Å². The van der Waals surface area contributed by atoms with Crippen LogP contribution in [0.5, 0.6) is 0 Å². The van der Waals surface area contributed by atoms with E-state index in [4.69, 9.17) is 0 Å². The average molecular weight is 354 g/mol. The minimum atomic E-state index is -0.268. The molecule has 2 atom stereocenters. The maximum Gasteiger partial charge on any atom is 0.238 e. The summed E-state index contributed by atoms with van der Waals surface area (Å²) in [5.74, 6) is 0.0379. The number of hydrogen-bond donors (Lipinski definition) is 1. The first-order chi connectivity index (χ1) is 11.7. The Morgan fingerprint density at radius 2 is 1.62 bits per heavy atom. The largest absolute Gasteiger partial charge is 0.347 e. The number of thioether (sulfide) groups is 1. The van der Waals surface area contributed by atoms with Gasteiger partial charge in [0.15, 0.2) is 0 Å². The molecule has 0 fully saturated rings. The summed E-state index contributed by atoms with van der Waals surface area (Å²) >= 11 is 3.24. The maximum absolute atomic E-state index is 12.9. The second-order valence-electron chi connectivity index (χ2n) is 5.47. The van der Waals surface area contributed by atoms with Crippen molar-refractivity contribution in [2.45, 2.75) is 23.1 Å². The van der Waals surface area contributed by atoms with Crippen molar-refractivity contribution in [3.05, 3.63) is 88.6 Å². The molecular formula is C20H19NOS2. The van der Waals surface area contributed by atoms with E-state index >= 15 is 0 Å². The fourth-order valence-electron chi connectivity index (χ4n) is 2.43. The van der Waals surface area contributed by atoms with Crippen LogP contribution in [0.3, 0.4) is 0 Å². The SMILES string of the molecule is C[C@H](NC(=O)[C@H](Sc1ccccc1)c1ccccc1)c1cccs1. The summed E-state index contributed by atoms with van der Waals surface area (Å²) in [6, 6.07) is 24.1. The van der Waals surface area contributed by atoms with Crippen LogP contribution in [0.2, 0.25) is 0 Å². The zero-order chi connectivity index (χ0) is 16.8. The normalized spacial score (nSPS) is 13.2. The van der Waals surface area contributed by atoms with Gasteiger partial charge in [-0.3, -0.25) is 4.79 Å². The molecule has 3 rings (SSSR count). The number of thiophene rings is 1. The van der Waals surface area contributed by atoms with Crippen LogP contribution in [0.15, 0.2) is 83.1 Å². The predicted octanol–water partition coefficient (Wildman–Crippen LogP) is 5.46. The number of hydrogen-bond acceptors (Lipinski definition) is 3. The fourth-order valence-corrected chi connectivity index (χ4v) is 4.22. The van der Waals surface area contributed by atoms with E-state index in [9.17, 15) is 4.79 Å². The number of benzene rings is 2. The van der Waals surface area contributed by atoms with E-state index < -0.39 is 0 Å². The Labute approximate surface area is 150 Å². The van der Waals surface area contributed by atoms with Crippen molar-refractivity contribution in [3.8, 4) is 0 Å². The van der Waals surface area contributed by atoms with Crippen molar-refractivity contribution in [2.24, 2.45) is 0 Å². The first-order valence-electron chi connectivity index (χ1n) is 7.84. The van der Waals surface area contributed by atoms with Gasteiger partial charge in [0.1, 0.15) is 5.25 Å². The third kappa shape index (κ3) is 4.28. The lowest BCUT2D eigenvalue weighted by atomic mass is 10.1. The molecule has 122 valence electrons. The van der Waals surface area contributed by atoms with Crippen LogP contribution in [0, 0.1) is 0 Å².